The van der Waals surface area contributed by atoms with Crippen LogP contribution in [0.15, 0.2) is 0 Å². The molecule has 1 saturated heterocycles. The summed E-state index contributed by atoms with van der Waals surface area (Å²) in [4.78, 5) is 10.9. The maximum atomic E-state index is 10.9. The molecule has 0 aromatic carbocycles. The van der Waals surface area contributed by atoms with Gasteiger partial charge >= 0.3 is 0 Å². The number of Topliss-reactive ketones (excluding diaryl/α,β-unsaturated/α-hetero) is 1. The molecule has 0 amide bonds. The molecule has 1 fully saturated rings. The molecule has 3 nitrogen and oxygen atoms in total. The second-order valence-corrected chi connectivity index (χ2v) is 3.13. The van der Waals surface area contributed by atoms with Crippen LogP contribution >= 0.6 is 0 Å². The van der Waals surface area contributed by atoms with Crippen molar-refractivity contribution >= 4 is 5.78 Å². The normalized spacial score (nSPS) is 26.6. The molecule has 0 saturated carbocycles. The minimum atomic E-state index is 0.351. The zero-order valence-electron chi connectivity index (χ0n) is 7.02. The summed E-state index contributed by atoms with van der Waals surface area (Å²) in [6.07, 6.45) is 1.78. The number of carbonyl (C=O) groups is 1. The molecule has 1 aliphatic rings. The van der Waals surface area contributed by atoms with Gasteiger partial charge < -0.3 is 10.6 Å². The number of rotatable bonds is 2. The van der Waals surface area contributed by atoms with E-state index in [1.165, 1.54) is 0 Å². The summed E-state index contributed by atoms with van der Waals surface area (Å²) in [5, 5.41) is 6.27. The van der Waals surface area contributed by atoms with Gasteiger partial charge in [-0.25, -0.2) is 0 Å². The van der Waals surface area contributed by atoms with Crippen LogP contribution in [-0.4, -0.2) is 32.5 Å². The molecule has 1 aliphatic heterocycles. The molecule has 0 spiro atoms. The van der Waals surface area contributed by atoms with Crippen LogP contribution in [0.25, 0.3) is 0 Å². The van der Waals surface area contributed by atoms with Gasteiger partial charge in [-0.15, -0.1) is 0 Å². The molecular formula is C8H16N2O. The smallest absolute Gasteiger partial charge is 0.146 e. The van der Waals surface area contributed by atoms with Gasteiger partial charge in [0.25, 0.3) is 0 Å². The fourth-order valence-corrected chi connectivity index (χ4v) is 1.43. The predicted octanol–water partition coefficient (Wildman–Crippen LogP) is -0.225. The third-order valence-corrected chi connectivity index (χ3v) is 2.08. The first kappa shape index (κ1) is 8.68. The van der Waals surface area contributed by atoms with Gasteiger partial charge in [-0.3, -0.25) is 4.79 Å². The number of hydrogen-bond acceptors (Lipinski definition) is 3. The Kier molecular flexibility index (Phi) is 3.52. The zero-order chi connectivity index (χ0) is 8.10. The van der Waals surface area contributed by atoms with Gasteiger partial charge in [-0.2, -0.15) is 0 Å². The number of hydrogen-bond donors (Lipinski definition) is 2. The minimum absolute atomic E-state index is 0.351. The highest BCUT2D eigenvalue weighted by atomic mass is 16.1. The minimum Gasteiger partial charge on any atom is -0.319 e. The molecule has 0 aromatic heterocycles. The first-order valence-corrected chi connectivity index (χ1v) is 4.20. The largest absolute Gasteiger partial charge is 0.319 e. The highest BCUT2D eigenvalue weighted by molar-refractivity contribution is 5.80. The first-order valence-electron chi connectivity index (χ1n) is 4.20. The quantitative estimate of drug-likeness (QED) is 0.580. The molecule has 0 radical (unpaired) electrons. The van der Waals surface area contributed by atoms with Gasteiger partial charge in [0.15, 0.2) is 0 Å². The lowest BCUT2D eigenvalue weighted by Gasteiger charge is -2.11. The maximum absolute atomic E-state index is 10.9. The molecule has 0 aromatic rings. The van der Waals surface area contributed by atoms with Crippen molar-refractivity contribution in [1.82, 2.24) is 10.6 Å². The second-order valence-electron chi connectivity index (χ2n) is 3.13. The van der Waals surface area contributed by atoms with Crippen LogP contribution in [0.4, 0.5) is 0 Å². The Morgan fingerprint density at radius 2 is 2.55 bits per heavy atom. The number of ketones is 1. The fraction of sp³-hybridized carbons (Fsp3) is 0.875. The molecule has 0 aliphatic carbocycles. The van der Waals surface area contributed by atoms with Crippen molar-refractivity contribution in [3.05, 3.63) is 0 Å². The molecule has 1 heterocycles. The lowest BCUT2D eigenvalue weighted by Crippen LogP contribution is -2.28. The summed E-state index contributed by atoms with van der Waals surface area (Å²) in [6, 6.07) is 0. The van der Waals surface area contributed by atoms with Crippen LogP contribution in [0.3, 0.4) is 0 Å². The molecule has 64 valence electrons. The second kappa shape index (κ2) is 4.46. The van der Waals surface area contributed by atoms with Gasteiger partial charge in [-0.1, -0.05) is 0 Å². The summed E-state index contributed by atoms with van der Waals surface area (Å²) in [7, 11) is 1.95. The molecule has 3 heteroatoms. The molecule has 1 atom stereocenters. The summed E-state index contributed by atoms with van der Waals surface area (Å²) >= 11 is 0. The van der Waals surface area contributed by atoms with Crippen molar-refractivity contribution in [3.8, 4) is 0 Å². The summed E-state index contributed by atoms with van der Waals surface area (Å²) in [5.41, 5.74) is 0. The van der Waals surface area contributed by atoms with Crippen molar-refractivity contribution in [2.45, 2.75) is 12.8 Å². The van der Waals surface area contributed by atoms with Crippen LogP contribution in [-0.2, 0) is 4.79 Å². The van der Waals surface area contributed by atoms with Crippen LogP contribution in [0, 0.1) is 5.92 Å². The van der Waals surface area contributed by atoms with Crippen LogP contribution in [0.1, 0.15) is 12.8 Å². The van der Waals surface area contributed by atoms with E-state index in [1.807, 2.05) is 7.05 Å². The Morgan fingerprint density at radius 1 is 1.73 bits per heavy atom. The summed E-state index contributed by atoms with van der Waals surface area (Å²) in [6.45, 7) is 2.56. The molecule has 2 N–H and O–H groups in total. The average molecular weight is 156 g/mol. The molecule has 11 heavy (non-hydrogen) atoms. The van der Waals surface area contributed by atoms with Crippen molar-refractivity contribution < 1.29 is 4.79 Å². The van der Waals surface area contributed by atoms with Crippen molar-refractivity contribution in [3.63, 3.8) is 0 Å². The van der Waals surface area contributed by atoms with Crippen LogP contribution in [0.2, 0.25) is 0 Å². The van der Waals surface area contributed by atoms with E-state index in [4.69, 9.17) is 0 Å². The summed E-state index contributed by atoms with van der Waals surface area (Å²) in [5.74, 6) is 0.982. The van der Waals surface area contributed by atoms with E-state index in [1.54, 1.807) is 0 Å². The third kappa shape index (κ3) is 2.99. The highest BCUT2D eigenvalue weighted by Gasteiger charge is 2.14. The maximum Gasteiger partial charge on any atom is 0.146 e. The lowest BCUT2D eigenvalue weighted by atomic mass is 10.0. The van der Waals surface area contributed by atoms with E-state index in [0.29, 0.717) is 18.2 Å². The van der Waals surface area contributed by atoms with Gasteiger partial charge in [0.2, 0.25) is 0 Å². The molecule has 1 unspecified atom stereocenters. The fourth-order valence-electron chi connectivity index (χ4n) is 1.43. The molecular weight excluding hydrogens is 140 g/mol. The standard InChI is InChI=1S/C8H16N2O/c1-9-4-7-2-3-8(11)6-10-5-7/h7,9-10H,2-6H2,1H3. The lowest BCUT2D eigenvalue weighted by molar-refractivity contribution is -0.118. The SMILES string of the molecule is CNCC1CCC(=O)CNC1. The average Bonchev–Trinajstić information content (AvgIpc) is 2.17. The number of nitrogens with one attached hydrogen (secondary N) is 2. The summed E-state index contributed by atoms with van der Waals surface area (Å²) < 4.78 is 0. The Bertz CT molecular complexity index is 136. The van der Waals surface area contributed by atoms with Crippen LogP contribution in [0.5, 0.6) is 0 Å². The first-order chi connectivity index (χ1) is 5.33. The van der Waals surface area contributed by atoms with E-state index < -0.39 is 0 Å². The Hall–Kier alpha value is -0.410. The predicted molar refractivity (Wildman–Crippen MR) is 44.5 cm³/mol. The van der Waals surface area contributed by atoms with Gasteiger partial charge in [0.05, 0.1) is 6.54 Å². The molecule has 1 rings (SSSR count). The number of carbonyl (C=O) groups excluding carboxylic acids is 1. The van der Waals surface area contributed by atoms with E-state index in [2.05, 4.69) is 10.6 Å². The van der Waals surface area contributed by atoms with E-state index in [-0.39, 0.29) is 0 Å². The van der Waals surface area contributed by atoms with E-state index >= 15 is 0 Å². The highest BCUT2D eigenvalue weighted by Crippen LogP contribution is 2.07. The zero-order valence-corrected chi connectivity index (χ0v) is 7.02. The monoisotopic (exact) mass is 156 g/mol. The van der Waals surface area contributed by atoms with Gasteiger partial charge in [-0.05, 0) is 32.5 Å². The van der Waals surface area contributed by atoms with Crippen molar-refractivity contribution in [2.24, 2.45) is 5.92 Å². The Labute approximate surface area is 67.5 Å². The third-order valence-electron chi connectivity index (χ3n) is 2.08. The Morgan fingerprint density at radius 3 is 3.27 bits per heavy atom. The van der Waals surface area contributed by atoms with Gasteiger partial charge in [0.1, 0.15) is 5.78 Å². The van der Waals surface area contributed by atoms with Crippen molar-refractivity contribution in [2.75, 3.05) is 26.7 Å². The topological polar surface area (TPSA) is 41.1 Å². The van der Waals surface area contributed by atoms with E-state index in [9.17, 15) is 4.79 Å². The van der Waals surface area contributed by atoms with Crippen molar-refractivity contribution in [1.29, 1.82) is 0 Å². The Balaban J connectivity index is 2.28. The van der Waals surface area contributed by atoms with E-state index in [0.717, 1.165) is 25.9 Å². The molecule has 0 bridgehead atoms. The van der Waals surface area contributed by atoms with Crippen LogP contribution < -0.4 is 10.6 Å². The van der Waals surface area contributed by atoms with Gasteiger partial charge in [0, 0.05) is 6.42 Å².